The van der Waals surface area contributed by atoms with Gasteiger partial charge in [-0.25, -0.2) is 4.98 Å². The van der Waals surface area contributed by atoms with Crippen LogP contribution in [-0.2, 0) is 0 Å². The van der Waals surface area contributed by atoms with Crippen molar-refractivity contribution in [3.05, 3.63) is 35.1 Å². The fraction of sp³-hybridized carbons (Fsp3) is 0. The zero-order chi connectivity index (χ0) is 8.55. The lowest BCUT2D eigenvalue weighted by atomic mass is 10.2. The van der Waals surface area contributed by atoms with E-state index in [1.807, 2.05) is 6.07 Å². The predicted octanol–water partition coefficient (Wildman–Crippen LogP) is 2.70. The number of benzene rings is 1. The van der Waals surface area contributed by atoms with Crippen LogP contribution in [0.4, 0.5) is 0 Å². The SMILES string of the molecule is Oc1cccc2c(Br)nccc12. The van der Waals surface area contributed by atoms with Crippen LogP contribution < -0.4 is 0 Å². The lowest BCUT2D eigenvalue weighted by molar-refractivity contribution is 0.481. The average molecular weight is 224 g/mol. The van der Waals surface area contributed by atoms with Crippen molar-refractivity contribution >= 4 is 26.7 Å². The maximum absolute atomic E-state index is 9.45. The minimum atomic E-state index is 0.288. The molecule has 0 spiro atoms. The van der Waals surface area contributed by atoms with E-state index in [0.717, 1.165) is 15.4 Å². The van der Waals surface area contributed by atoms with E-state index < -0.39 is 0 Å². The largest absolute Gasteiger partial charge is 0.507 e. The van der Waals surface area contributed by atoms with Crippen molar-refractivity contribution in [1.29, 1.82) is 0 Å². The third kappa shape index (κ3) is 1.06. The van der Waals surface area contributed by atoms with E-state index in [9.17, 15) is 5.11 Å². The van der Waals surface area contributed by atoms with Crippen molar-refractivity contribution in [3.63, 3.8) is 0 Å². The molecule has 12 heavy (non-hydrogen) atoms. The summed E-state index contributed by atoms with van der Waals surface area (Å²) in [5.74, 6) is 0.288. The van der Waals surface area contributed by atoms with Crippen LogP contribution in [0.1, 0.15) is 0 Å². The molecular formula is C9H6BrNO. The summed E-state index contributed by atoms with van der Waals surface area (Å²) in [6.07, 6.45) is 1.66. The Kier molecular flexibility index (Phi) is 1.73. The molecule has 1 heterocycles. The number of pyridine rings is 1. The smallest absolute Gasteiger partial charge is 0.123 e. The van der Waals surface area contributed by atoms with E-state index in [1.54, 1.807) is 24.4 Å². The van der Waals surface area contributed by atoms with Crippen LogP contribution in [0.5, 0.6) is 5.75 Å². The highest BCUT2D eigenvalue weighted by Crippen LogP contribution is 2.27. The summed E-state index contributed by atoms with van der Waals surface area (Å²) in [6.45, 7) is 0. The van der Waals surface area contributed by atoms with Crippen LogP contribution in [0.2, 0.25) is 0 Å². The minimum absolute atomic E-state index is 0.288. The van der Waals surface area contributed by atoms with E-state index >= 15 is 0 Å². The lowest BCUT2D eigenvalue weighted by Crippen LogP contribution is -1.78. The molecule has 0 fully saturated rings. The molecule has 3 heteroatoms. The van der Waals surface area contributed by atoms with Gasteiger partial charge in [-0.2, -0.15) is 0 Å². The van der Waals surface area contributed by atoms with Gasteiger partial charge in [-0.3, -0.25) is 0 Å². The molecule has 0 aliphatic heterocycles. The highest BCUT2D eigenvalue weighted by molar-refractivity contribution is 9.10. The van der Waals surface area contributed by atoms with E-state index in [0.29, 0.717) is 0 Å². The molecule has 0 aliphatic rings. The molecule has 0 bridgehead atoms. The second kappa shape index (κ2) is 2.75. The van der Waals surface area contributed by atoms with Gasteiger partial charge in [0.05, 0.1) is 0 Å². The van der Waals surface area contributed by atoms with Crippen molar-refractivity contribution in [2.24, 2.45) is 0 Å². The maximum atomic E-state index is 9.45. The number of hydrogen-bond acceptors (Lipinski definition) is 2. The van der Waals surface area contributed by atoms with Gasteiger partial charge in [0.15, 0.2) is 0 Å². The number of fused-ring (bicyclic) bond motifs is 1. The average Bonchev–Trinajstić information content (AvgIpc) is 2.07. The van der Waals surface area contributed by atoms with Gasteiger partial charge >= 0.3 is 0 Å². The Morgan fingerprint density at radius 1 is 1.17 bits per heavy atom. The van der Waals surface area contributed by atoms with Crippen molar-refractivity contribution in [2.75, 3.05) is 0 Å². The first-order valence-corrected chi connectivity index (χ1v) is 4.30. The zero-order valence-electron chi connectivity index (χ0n) is 6.16. The normalized spacial score (nSPS) is 10.4. The number of hydrogen-bond donors (Lipinski definition) is 1. The Hall–Kier alpha value is -1.09. The Morgan fingerprint density at radius 3 is 2.75 bits per heavy atom. The van der Waals surface area contributed by atoms with E-state index in [-0.39, 0.29) is 5.75 Å². The number of halogens is 1. The third-order valence-corrected chi connectivity index (χ3v) is 2.37. The standard InChI is InChI=1S/C9H6BrNO/c10-9-7-2-1-3-8(12)6(7)4-5-11-9/h1-5,12H. The summed E-state index contributed by atoms with van der Waals surface area (Å²) >= 11 is 3.31. The molecule has 1 aromatic carbocycles. The van der Waals surface area contributed by atoms with Crippen molar-refractivity contribution < 1.29 is 5.11 Å². The molecule has 0 unspecified atom stereocenters. The number of aromatic nitrogens is 1. The van der Waals surface area contributed by atoms with Gasteiger partial charge in [0, 0.05) is 17.0 Å². The second-order valence-corrected chi connectivity index (χ2v) is 3.23. The molecule has 0 aliphatic carbocycles. The molecule has 1 aromatic heterocycles. The van der Waals surface area contributed by atoms with E-state index in [2.05, 4.69) is 20.9 Å². The van der Waals surface area contributed by atoms with Gasteiger partial charge in [0.25, 0.3) is 0 Å². The van der Waals surface area contributed by atoms with Gasteiger partial charge in [0.1, 0.15) is 10.4 Å². The Bertz CT molecular complexity index is 387. The molecule has 60 valence electrons. The van der Waals surface area contributed by atoms with E-state index in [4.69, 9.17) is 0 Å². The minimum Gasteiger partial charge on any atom is -0.507 e. The number of rotatable bonds is 0. The second-order valence-electron chi connectivity index (χ2n) is 2.47. The van der Waals surface area contributed by atoms with Crippen LogP contribution in [0, 0.1) is 0 Å². The van der Waals surface area contributed by atoms with Gasteiger partial charge in [0.2, 0.25) is 0 Å². The highest BCUT2D eigenvalue weighted by Gasteiger charge is 2.01. The number of phenolic OH excluding ortho intramolecular Hbond substituents is 1. The fourth-order valence-electron chi connectivity index (χ4n) is 1.15. The quantitative estimate of drug-likeness (QED) is 0.698. The molecule has 1 N–H and O–H groups in total. The van der Waals surface area contributed by atoms with Crippen LogP contribution in [-0.4, -0.2) is 10.1 Å². The highest BCUT2D eigenvalue weighted by atomic mass is 79.9. The summed E-state index contributed by atoms with van der Waals surface area (Å²) < 4.78 is 0.760. The Balaban J connectivity index is 2.94. The van der Waals surface area contributed by atoms with Crippen LogP contribution in [0.3, 0.4) is 0 Å². The first kappa shape index (κ1) is 7.55. The lowest BCUT2D eigenvalue weighted by Gasteiger charge is -2.00. The first-order valence-electron chi connectivity index (χ1n) is 3.51. The van der Waals surface area contributed by atoms with Gasteiger partial charge in [-0.1, -0.05) is 12.1 Å². The van der Waals surface area contributed by atoms with E-state index in [1.165, 1.54) is 0 Å². The maximum Gasteiger partial charge on any atom is 0.123 e. The summed E-state index contributed by atoms with van der Waals surface area (Å²) in [7, 11) is 0. The van der Waals surface area contributed by atoms with Gasteiger partial charge < -0.3 is 5.11 Å². The molecule has 2 aromatic rings. The number of nitrogens with zero attached hydrogens (tertiary/aromatic N) is 1. The summed E-state index contributed by atoms with van der Waals surface area (Å²) in [4.78, 5) is 4.05. The third-order valence-electron chi connectivity index (χ3n) is 1.73. The Labute approximate surface area is 78.0 Å². The molecule has 2 rings (SSSR count). The van der Waals surface area contributed by atoms with Crippen molar-refractivity contribution in [1.82, 2.24) is 4.98 Å². The van der Waals surface area contributed by atoms with Crippen molar-refractivity contribution in [2.45, 2.75) is 0 Å². The predicted molar refractivity (Wildman–Crippen MR) is 51.1 cm³/mol. The van der Waals surface area contributed by atoms with Crippen LogP contribution in [0.15, 0.2) is 35.1 Å². The van der Waals surface area contributed by atoms with Crippen LogP contribution >= 0.6 is 15.9 Å². The van der Waals surface area contributed by atoms with Crippen LogP contribution in [0.25, 0.3) is 10.8 Å². The summed E-state index contributed by atoms with van der Waals surface area (Å²) in [6, 6.07) is 7.15. The molecule has 0 radical (unpaired) electrons. The van der Waals surface area contributed by atoms with Crippen molar-refractivity contribution in [3.8, 4) is 5.75 Å². The van der Waals surface area contributed by atoms with Gasteiger partial charge in [-0.05, 0) is 28.1 Å². The number of aromatic hydroxyl groups is 1. The fourth-order valence-corrected chi connectivity index (χ4v) is 1.62. The molecule has 0 atom stereocenters. The number of phenols is 1. The molecule has 2 nitrogen and oxygen atoms in total. The monoisotopic (exact) mass is 223 g/mol. The molecule has 0 saturated heterocycles. The molecule has 0 saturated carbocycles. The summed E-state index contributed by atoms with van der Waals surface area (Å²) in [5.41, 5.74) is 0. The topological polar surface area (TPSA) is 33.1 Å². The van der Waals surface area contributed by atoms with Gasteiger partial charge in [-0.15, -0.1) is 0 Å². The molecule has 0 amide bonds. The summed E-state index contributed by atoms with van der Waals surface area (Å²) in [5, 5.41) is 11.2. The first-order chi connectivity index (χ1) is 5.79. The zero-order valence-corrected chi connectivity index (χ0v) is 7.75. The molecular weight excluding hydrogens is 218 g/mol. The Morgan fingerprint density at radius 2 is 2.00 bits per heavy atom.